The van der Waals surface area contributed by atoms with Crippen molar-refractivity contribution in [3.8, 4) is 5.75 Å². The van der Waals surface area contributed by atoms with Gasteiger partial charge in [-0.05, 0) is 76.2 Å². The van der Waals surface area contributed by atoms with E-state index >= 15 is 0 Å². The second-order valence-corrected chi connectivity index (χ2v) is 6.67. The molecule has 0 saturated heterocycles. The summed E-state index contributed by atoms with van der Waals surface area (Å²) in [6.07, 6.45) is -0.290. The number of hydrogen-bond donors (Lipinski definition) is 0. The summed E-state index contributed by atoms with van der Waals surface area (Å²) in [5.41, 5.74) is -1.84. The Kier molecular flexibility index (Phi) is 5.64. The van der Waals surface area contributed by atoms with Gasteiger partial charge in [-0.3, -0.25) is 0 Å². The van der Waals surface area contributed by atoms with Gasteiger partial charge in [0.1, 0.15) is 11.6 Å². The highest BCUT2D eigenvalue weighted by atomic mass is 19.3. The average molecular weight is 366 g/mol. The van der Waals surface area contributed by atoms with Crippen LogP contribution in [0.5, 0.6) is 5.75 Å². The van der Waals surface area contributed by atoms with Crippen molar-refractivity contribution >= 4 is 5.97 Å². The third-order valence-electron chi connectivity index (χ3n) is 3.63. The Morgan fingerprint density at radius 3 is 1.85 bits per heavy atom. The first-order valence-corrected chi connectivity index (χ1v) is 8.17. The molecule has 2 aromatic rings. The Morgan fingerprint density at radius 1 is 0.923 bits per heavy atom. The van der Waals surface area contributed by atoms with Crippen molar-refractivity contribution in [1.29, 1.82) is 0 Å². The molecule has 2 aromatic carbocycles. The van der Waals surface area contributed by atoms with Crippen LogP contribution in [0.2, 0.25) is 0 Å². The molecule has 0 N–H and O–H groups in total. The molecule has 0 unspecified atom stereocenters. The first-order chi connectivity index (χ1) is 12.0. The summed E-state index contributed by atoms with van der Waals surface area (Å²) < 4.78 is 52.7. The number of halogens is 3. The lowest BCUT2D eigenvalue weighted by Crippen LogP contribution is -2.40. The summed E-state index contributed by atoms with van der Waals surface area (Å²) in [6.45, 7) is 6.53. The van der Waals surface area contributed by atoms with E-state index in [1.165, 1.54) is 24.3 Å². The van der Waals surface area contributed by atoms with Crippen LogP contribution >= 0.6 is 0 Å². The van der Waals surface area contributed by atoms with E-state index in [9.17, 15) is 18.0 Å². The van der Waals surface area contributed by atoms with Crippen LogP contribution < -0.4 is 4.74 Å². The third kappa shape index (κ3) is 4.56. The van der Waals surface area contributed by atoms with Crippen LogP contribution in [0.4, 0.5) is 13.2 Å². The van der Waals surface area contributed by atoms with Gasteiger partial charge in [0.15, 0.2) is 5.60 Å². The van der Waals surface area contributed by atoms with E-state index in [0.29, 0.717) is 0 Å². The van der Waals surface area contributed by atoms with Gasteiger partial charge in [-0.1, -0.05) is 0 Å². The second kappa shape index (κ2) is 7.40. The molecule has 0 heterocycles. The Labute approximate surface area is 150 Å². The zero-order valence-electron chi connectivity index (χ0n) is 15.1. The van der Waals surface area contributed by atoms with Crippen LogP contribution in [0.3, 0.4) is 0 Å². The molecule has 0 fully saturated rings. The van der Waals surface area contributed by atoms with Crippen LogP contribution in [-0.4, -0.2) is 17.7 Å². The van der Waals surface area contributed by atoms with Gasteiger partial charge in [-0.25, -0.2) is 9.18 Å². The SMILES string of the molecule is CC(C)OC(=O)C(C)(C)Oc1ccc(C(F)(F)c2ccc(F)cc2)cc1. The molecule has 6 heteroatoms. The minimum atomic E-state index is -3.28. The number of rotatable bonds is 6. The zero-order valence-corrected chi connectivity index (χ0v) is 15.1. The summed E-state index contributed by atoms with van der Waals surface area (Å²) in [6, 6.07) is 9.21. The number of ether oxygens (including phenoxy) is 2. The van der Waals surface area contributed by atoms with Gasteiger partial charge in [0, 0.05) is 11.1 Å². The van der Waals surface area contributed by atoms with Crippen molar-refractivity contribution in [1.82, 2.24) is 0 Å². The predicted molar refractivity (Wildman–Crippen MR) is 91.8 cm³/mol. The molecular weight excluding hydrogens is 345 g/mol. The van der Waals surface area contributed by atoms with Gasteiger partial charge in [0.05, 0.1) is 6.10 Å². The molecule has 140 valence electrons. The maximum Gasteiger partial charge on any atom is 0.350 e. The highest BCUT2D eigenvalue weighted by Gasteiger charge is 2.35. The normalized spacial score (nSPS) is 12.2. The average Bonchev–Trinajstić information content (AvgIpc) is 2.54. The molecule has 0 radical (unpaired) electrons. The molecule has 0 aliphatic heterocycles. The fourth-order valence-electron chi connectivity index (χ4n) is 2.25. The van der Waals surface area contributed by atoms with E-state index in [1.807, 2.05) is 0 Å². The summed E-state index contributed by atoms with van der Waals surface area (Å²) in [4.78, 5) is 12.0. The lowest BCUT2D eigenvalue weighted by Gasteiger charge is -2.26. The molecule has 3 nitrogen and oxygen atoms in total. The van der Waals surface area contributed by atoms with Crippen molar-refractivity contribution in [3.05, 3.63) is 65.5 Å². The Morgan fingerprint density at radius 2 is 1.38 bits per heavy atom. The van der Waals surface area contributed by atoms with Gasteiger partial charge in [0.25, 0.3) is 5.92 Å². The fraction of sp³-hybridized carbons (Fsp3) is 0.350. The molecule has 0 aromatic heterocycles. The molecule has 0 bridgehead atoms. The first-order valence-electron chi connectivity index (χ1n) is 8.17. The maximum atomic E-state index is 14.5. The largest absolute Gasteiger partial charge is 0.476 e. The molecule has 0 aliphatic rings. The highest BCUT2D eigenvalue weighted by molar-refractivity contribution is 5.79. The maximum absolute atomic E-state index is 14.5. The summed E-state index contributed by atoms with van der Waals surface area (Å²) >= 11 is 0. The van der Waals surface area contributed by atoms with E-state index in [0.717, 1.165) is 24.3 Å². The van der Waals surface area contributed by atoms with Gasteiger partial charge < -0.3 is 9.47 Å². The van der Waals surface area contributed by atoms with E-state index in [4.69, 9.17) is 9.47 Å². The smallest absolute Gasteiger partial charge is 0.350 e. The second-order valence-electron chi connectivity index (χ2n) is 6.67. The van der Waals surface area contributed by atoms with Crippen LogP contribution in [0.1, 0.15) is 38.8 Å². The predicted octanol–water partition coefficient (Wildman–Crippen LogP) is 5.07. The van der Waals surface area contributed by atoms with Crippen LogP contribution in [0.25, 0.3) is 0 Å². The van der Waals surface area contributed by atoms with Crippen LogP contribution in [-0.2, 0) is 15.5 Å². The van der Waals surface area contributed by atoms with Gasteiger partial charge in [0.2, 0.25) is 0 Å². The summed E-state index contributed by atoms with van der Waals surface area (Å²) in [5.74, 6) is -4.15. The number of esters is 1. The van der Waals surface area contributed by atoms with Crippen molar-refractivity contribution in [3.63, 3.8) is 0 Å². The summed E-state index contributed by atoms with van der Waals surface area (Å²) in [5, 5.41) is 0. The number of carbonyl (C=O) groups excluding carboxylic acids is 1. The fourth-order valence-corrected chi connectivity index (χ4v) is 2.25. The molecule has 2 rings (SSSR count). The van der Waals surface area contributed by atoms with Crippen LogP contribution in [0.15, 0.2) is 48.5 Å². The number of alkyl halides is 2. The van der Waals surface area contributed by atoms with Crippen molar-refractivity contribution in [2.75, 3.05) is 0 Å². The van der Waals surface area contributed by atoms with Gasteiger partial charge >= 0.3 is 5.97 Å². The summed E-state index contributed by atoms with van der Waals surface area (Å²) in [7, 11) is 0. The van der Waals surface area contributed by atoms with Crippen molar-refractivity contribution in [2.45, 2.75) is 45.3 Å². The van der Waals surface area contributed by atoms with E-state index < -0.39 is 23.3 Å². The first kappa shape index (κ1) is 19.8. The standard InChI is InChI=1S/C20H21F3O3/c1-13(2)25-18(24)19(3,4)26-17-11-7-15(8-12-17)20(22,23)14-5-9-16(21)10-6-14/h5-13H,1-4H3. The highest BCUT2D eigenvalue weighted by Crippen LogP contribution is 2.36. The van der Waals surface area contributed by atoms with Crippen LogP contribution in [0, 0.1) is 5.82 Å². The Hall–Kier alpha value is -2.50. The lowest BCUT2D eigenvalue weighted by molar-refractivity contribution is -0.163. The molecule has 26 heavy (non-hydrogen) atoms. The third-order valence-corrected chi connectivity index (χ3v) is 3.63. The minimum Gasteiger partial charge on any atom is -0.476 e. The Balaban J connectivity index is 2.17. The molecule has 0 amide bonds. The Bertz CT molecular complexity index is 751. The molecule has 0 saturated carbocycles. The molecular formula is C20H21F3O3. The number of hydrogen-bond acceptors (Lipinski definition) is 3. The topological polar surface area (TPSA) is 35.5 Å². The molecule has 0 atom stereocenters. The minimum absolute atomic E-state index is 0.259. The monoisotopic (exact) mass is 366 g/mol. The van der Waals surface area contributed by atoms with Crippen molar-refractivity contribution in [2.24, 2.45) is 0 Å². The number of carbonyl (C=O) groups is 1. The lowest BCUT2D eigenvalue weighted by atomic mass is 10.0. The quantitative estimate of drug-likeness (QED) is 0.669. The van der Waals surface area contributed by atoms with Crippen molar-refractivity contribution < 1.29 is 27.4 Å². The van der Waals surface area contributed by atoms with E-state index in [1.54, 1.807) is 27.7 Å². The molecule has 0 aliphatic carbocycles. The zero-order chi connectivity index (χ0) is 19.5. The van der Waals surface area contributed by atoms with E-state index in [2.05, 4.69) is 0 Å². The van der Waals surface area contributed by atoms with E-state index in [-0.39, 0.29) is 23.0 Å². The van der Waals surface area contributed by atoms with Gasteiger partial charge in [-0.15, -0.1) is 0 Å². The number of benzene rings is 2. The van der Waals surface area contributed by atoms with Gasteiger partial charge in [-0.2, -0.15) is 8.78 Å². The molecule has 0 spiro atoms.